The van der Waals surface area contributed by atoms with E-state index in [1.807, 2.05) is 18.2 Å². The van der Waals surface area contributed by atoms with Crippen molar-refractivity contribution in [2.24, 2.45) is 4.99 Å². The van der Waals surface area contributed by atoms with Crippen LogP contribution in [-0.2, 0) is 4.79 Å². The highest BCUT2D eigenvalue weighted by Crippen LogP contribution is 2.44. The number of hydrogen-bond donors (Lipinski definition) is 1. The van der Waals surface area contributed by atoms with Crippen LogP contribution >= 0.6 is 0 Å². The second kappa shape index (κ2) is 5.06. The summed E-state index contributed by atoms with van der Waals surface area (Å²) in [4.78, 5) is 16.7. The summed E-state index contributed by atoms with van der Waals surface area (Å²) < 4.78 is 0. The lowest BCUT2D eigenvalue weighted by Gasteiger charge is -2.45. The summed E-state index contributed by atoms with van der Waals surface area (Å²) in [6.07, 6.45) is 5.21. The van der Waals surface area contributed by atoms with Crippen molar-refractivity contribution in [2.45, 2.75) is 38.8 Å². The van der Waals surface area contributed by atoms with Gasteiger partial charge in [0.15, 0.2) is 5.78 Å². The van der Waals surface area contributed by atoms with Crippen molar-refractivity contribution < 1.29 is 9.90 Å². The van der Waals surface area contributed by atoms with Crippen LogP contribution in [0.25, 0.3) is 0 Å². The van der Waals surface area contributed by atoms with Crippen molar-refractivity contribution in [3.63, 3.8) is 0 Å². The van der Waals surface area contributed by atoms with E-state index in [0.29, 0.717) is 11.1 Å². The first-order chi connectivity index (χ1) is 10.4. The predicted molar refractivity (Wildman–Crippen MR) is 93.0 cm³/mol. The van der Waals surface area contributed by atoms with E-state index >= 15 is 0 Å². The van der Waals surface area contributed by atoms with E-state index < -0.39 is 8.07 Å². The Morgan fingerprint density at radius 3 is 2.41 bits per heavy atom. The standard InChI is InChI=1S/C18H21NO2Si/c1-11(2)22(12(3)4)17-9-13(20)5-7-15(17)19-16-8-6-14(21)10-18(16)22/h5-12,20H,1-4H3. The highest BCUT2D eigenvalue weighted by Gasteiger charge is 2.50. The summed E-state index contributed by atoms with van der Waals surface area (Å²) in [5.74, 6) is 0.310. The molecule has 1 aromatic rings. The number of allylic oxidation sites excluding steroid dienone is 4. The average Bonchev–Trinajstić information content (AvgIpc) is 2.44. The van der Waals surface area contributed by atoms with Gasteiger partial charge in [-0.15, -0.1) is 0 Å². The lowest BCUT2D eigenvalue weighted by molar-refractivity contribution is -0.110. The van der Waals surface area contributed by atoms with Gasteiger partial charge in [0.1, 0.15) is 13.8 Å². The third kappa shape index (κ3) is 1.94. The molecular formula is C18H21NO2Si. The predicted octanol–water partition coefficient (Wildman–Crippen LogP) is 3.56. The molecule has 0 radical (unpaired) electrons. The molecule has 1 heterocycles. The summed E-state index contributed by atoms with van der Waals surface area (Å²) in [6.45, 7) is 8.92. The number of benzene rings is 1. The summed E-state index contributed by atoms with van der Waals surface area (Å²) in [7, 11) is -2.20. The van der Waals surface area contributed by atoms with Crippen molar-refractivity contribution in [1.29, 1.82) is 0 Å². The molecule has 22 heavy (non-hydrogen) atoms. The monoisotopic (exact) mass is 311 g/mol. The van der Waals surface area contributed by atoms with Crippen molar-refractivity contribution >= 4 is 30.4 Å². The fourth-order valence-corrected chi connectivity index (χ4v) is 10.1. The van der Waals surface area contributed by atoms with Crippen molar-refractivity contribution in [1.82, 2.24) is 0 Å². The molecule has 1 aliphatic carbocycles. The van der Waals surface area contributed by atoms with Gasteiger partial charge in [0.2, 0.25) is 0 Å². The minimum atomic E-state index is -2.20. The number of ketones is 1. The molecule has 0 saturated heterocycles. The molecule has 0 fully saturated rings. The van der Waals surface area contributed by atoms with E-state index in [1.165, 1.54) is 0 Å². The van der Waals surface area contributed by atoms with Crippen LogP contribution in [0.2, 0.25) is 11.1 Å². The molecule has 1 N–H and O–H groups in total. The SMILES string of the molecule is CC(C)[Si]1(C(C)C)C2=CC(=O)C=CC2=Nc2ccc(O)cc21. The highest BCUT2D eigenvalue weighted by molar-refractivity contribution is 7.04. The van der Waals surface area contributed by atoms with Crippen LogP contribution in [0.3, 0.4) is 0 Å². The Labute approximate surface area is 132 Å². The molecule has 0 aromatic heterocycles. The maximum Gasteiger partial charge on any atom is 0.178 e. The summed E-state index contributed by atoms with van der Waals surface area (Å²) in [5.41, 5.74) is 2.68. The Hall–Kier alpha value is -1.94. The Bertz CT molecular complexity index is 733. The smallest absolute Gasteiger partial charge is 0.178 e. The Balaban J connectivity index is 2.41. The number of carbonyl (C=O) groups is 1. The molecule has 2 aliphatic rings. The number of rotatable bonds is 2. The molecule has 0 spiro atoms. The van der Waals surface area contributed by atoms with Gasteiger partial charge in [-0.3, -0.25) is 4.79 Å². The number of phenols is 1. The molecule has 0 saturated carbocycles. The van der Waals surface area contributed by atoms with E-state index in [2.05, 4.69) is 27.7 Å². The van der Waals surface area contributed by atoms with Gasteiger partial charge in [-0.1, -0.05) is 27.7 Å². The van der Waals surface area contributed by atoms with Gasteiger partial charge in [0, 0.05) is 0 Å². The summed E-state index contributed by atoms with van der Waals surface area (Å²) in [5, 5.41) is 12.3. The number of aliphatic imine (C=N–C) groups is 1. The third-order valence-corrected chi connectivity index (χ3v) is 11.1. The van der Waals surface area contributed by atoms with Crippen LogP contribution in [0.15, 0.2) is 46.6 Å². The maximum absolute atomic E-state index is 12.0. The van der Waals surface area contributed by atoms with E-state index in [4.69, 9.17) is 4.99 Å². The second-order valence-electron chi connectivity index (χ2n) is 6.67. The lowest BCUT2D eigenvalue weighted by Crippen LogP contribution is -2.58. The average molecular weight is 311 g/mol. The van der Waals surface area contributed by atoms with E-state index in [9.17, 15) is 9.90 Å². The quantitative estimate of drug-likeness (QED) is 0.670. The summed E-state index contributed by atoms with van der Waals surface area (Å²) in [6, 6.07) is 5.45. The number of fused-ring (bicyclic) bond motifs is 2. The number of phenolic OH excluding ortho intramolecular Hbond substituents is 1. The minimum absolute atomic E-state index is 0.0377. The molecule has 1 aliphatic heterocycles. The molecule has 114 valence electrons. The first kappa shape index (κ1) is 15.0. The van der Waals surface area contributed by atoms with E-state index in [0.717, 1.165) is 21.8 Å². The van der Waals surface area contributed by atoms with Gasteiger partial charge in [0.25, 0.3) is 0 Å². The van der Waals surface area contributed by atoms with Crippen molar-refractivity contribution in [3.05, 3.63) is 41.6 Å². The number of carbonyl (C=O) groups excluding carboxylic acids is 1. The molecule has 1 aromatic carbocycles. The van der Waals surface area contributed by atoms with Crippen molar-refractivity contribution in [3.8, 4) is 5.75 Å². The zero-order chi connectivity index (χ0) is 16.1. The largest absolute Gasteiger partial charge is 0.508 e. The maximum atomic E-state index is 12.0. The first-order valence-corrected chi connectivity index (χ1v) is 9.89. The Kier molecular flexibility index (Phi) is 3.44. The molecule has 3 rings (SSSR count). The van der Waals surface area contributed by atoms with E-state index in [-0.39, 0.29) is 11.5 Å². The Morgan fingerprint density at radius 1 is 1.09 bits per heavy atom. The zero-order valence-corrected chi connectivity index (χ0v) is 14.4. The molecule has 0 atom stereocenters. The van der Waals surface area contributed by atoms with Gasteiger partial charge < -0.3 is 5.11 Å². The third-order valence-electron chi connectivity index (χ3n) is 4.90. The second-order valence-corrected chi connectivity index (χ2v) is 11.8. The van der Waals surface area contributed by atoms with Crippen LogP contribution in [0.1, 0.15) is 27.7 Å². The van der Waals surface area contributed by atoms with E-state index in [1.54, 1.807) is 18.2 Å². The van der Waals surface area contributed by atoms with Gasteiger partial charge in [-0.05, 0) is 57.9 Å². The van der Waals surface area contributed by atoms with Gasteiger partial charge >= 0.3 is 0 Å². The molecule has 3 nitrogen and oxygen atoms in total. The van der Waals surface area contributed by atoms with Crippen LogP contribution < -0.4 is 5.19 Å². The Morgan fingerprint density at radius 2 is 1.77 bits per heavy atom. The van der Waals surface area contributed by atoms with Crippen LogP contribution in [0.4, 0.5) is 5.69 Å². The fraction of sp³-hybridized carbons (Fsp3) is 0.333. The number of aromatic hydroxyl groups is 1. The number of hydrogen-bond acceptors (Lipinski definition) is 3. The fourth-order valence-electron chi connectivity index (χ4n) is 4.08. The molecule has 0 unspecified atom stereocenters. The first-order valence-electron chi connectivity index (χ1n) is 7.74. The van der Waals surface area contributed by atoms with Crippen LogP contribution in [0, 0.1) is 0 Å². The zero-order valence-electron chi connectivity index (χ0n) is 13.4. The lowest BCUT2D eigenvalue weighted by atomic mass is 10.1. The molecular weight excluding hydrogens is 290 g/mol. The van der Waals surface area contributed by atoms with Crippen LogP contribution in [-0.4, -0.2) is 24.7 Å². The van der Waals surface area contributed by atoms with Gasteiger partial charge in [-0.2, -0.15) is 0 Å². The normalized spacial score (nSPS) is 18.9. The molecule has 0 bridgehead atoms. The molecule has 0 amide bonds. The highest BCUT2D eigenvalue weighted by atomic mass is 28.3. The number of nitrogens with zero attached hydrogens (tertiary/aromatic N) is 1. The van der Waals surface area contributed by atoms with Gasteiger partial charge in [0.05, 0.1) is 11.4 Å². The van der Waals surface area contributed by atoms with Crippen LogP contribution in [0.5, 0.6) is 5.75 Å². The van der Waals surface area contributed by atoms with Crippen molar-refractivity contribution in [2.75, 3.05) is 0 Å². The molecule has 4 heteroatoms. The minimum Gasteiger partial charge on any atom is -0.508 e. The topological polar surface area (TPSA) is 49.7 Å². The summed E-state index contributed by atoms with van der Waals surface area (Å²) >= 11 is 0. The van der Waals surface area contributed by atoms with Gasteiger partial charge in [-0.25, -0.2) is 4.99 Å².